The Hall–Kier alpha value is -10.1. The third-order valence-electron chi connectivity index (χ3n) is 17.5. The number of carbonyl (C=O) groups is 2. The maximum Gasteiger partial charge on any atom is 0.336 e. The van der Waals surface area contributed by atoms with Gasteiger partial charge < -0.3 is 93.7 Å². The number of aliphatic hydroxyl groups excluding tert-OH is 2. The number of benzene rings is 2. The van der Waals surface area contributed by atoms with Crippen LogP contribution < -0.4 is 42.3 Å². The minimum absolute atomic E-state index is 0.0454. The number of rotatable bonds is 22. The molecule has 0 bridgehead atoms. The van der Waals surface area contributed by atoms with Crippen molar-refractivity contribution >= 4 is 102 Å². The van der Waals surface area contributed by atoms with E-state index in [0.717, 1.165) is 6.08 Å². The number of nitrogen functional groups attached to an aromatic ring is 3. The van der Waals surface area contributed by atoms with E-state index in [4.69, 9.17) is 83.5 Å². The van der Waals surface area contributed by atoms with E-state index in [9.17, 15) is 29.4 Å². The van der Waals surface area contributed by atoms with E-state index in [2.05, 4.69) is 82.3 Å². The summed E-state index contributed by atoms with van der Waals surface area (Å²) in [5, 5.41) is 21.2. The molecule has 12 heterocycles. The number of nitrogens with two attached hydrogens (primary N) is 3. The van der Waals surface area contributed by atoms with Gasteiger partial charge >= 0.3 is 17.9 Å². The Morgan fingerprint density at radius 1 is 0.545 bits per heavy atom. The van der Waals surface area contributed by atoms with Crippen molar-refractivity contribution in [1.29, 1.82) is 0 Å². The van der Waals surface area contributed by atoms with Gasteiger partial charge in [0.05, 0.1) is 85.1 Å². The van der Waals surface area contributed by atoms with E-state index < -0.39 is 61.0 Å². The van der Waals surface area contributed by atoms with Crippen molar-refractivity contribution in [3.8, 4) is 11.5 Å². The summed E-state index contributed by atoms with van der Waals surface area (Å²) in [6, 6.07) is 17.5. The topological polar surface area (TPSA) is 496 Å². The number of fused-ring (bicyclic) bond motifs is 4. The predicted octanol–water partition coefficient (Wildman–Crippen LogP) is 3.76. The van der Waals surface area contributed by atoms with Crippen molar-refractivity contribution in [2.75, 3.05) is 122 Å². The second-order valence-corrected chi connectivity index (χ2v) is 26.3. The zero-order valence-electron chi connectivity index (χ0n) is 63.9. The zero-order chi connectivity index (χ0) is 81.1. The highest BCUT2D eigenvalue weighted by molar-refractivity contribution is 9.10. The molecule has 41 heteroatoms. The molecule has 10 aromatic rings. The highest BCUT2D eigenvalue weighted by atomic mass is 79.9. The molecule has 604 valence electrons. The molecule has 4 fully saturated rings. The number of para-hydroxylation sites is 2. The van der Waals surface area contributed by atoms with Crippen LogP contribution in [0.25, 0.3) is 50.7 Å². The van der Waals surface area contributed by atoms with Crippen LogP contribution in [0.1, 0.15) is 57.4 Å². The summed E-state index contributed by atoms with van der Waals surface area (Å²) in [5.41, 5.74) is 19.9. The summed E-state index contributed by atoms with van der Waals surface area (Å²) >= 11 is 3.20. The molecule has 0 spiro atoms. The number of imidazole rings is 4. The summed E-state index contributed by atoms with van der Waals surface area (Å²) < 4.78 is 83.4. The molecule has 8 aromatic heterocycles. The summed E-state index contributed by atoms with van der Waals surface area (Å²) in [4.78, 5) is 94.3. The molecule has 14 atom stereocenters. The molecular formula is C71H94BrN20O20+. The van der Waals surface area contributed by atoms with Gasteiger partial charge in [-0.15, -0.1) is 0 Å². The molecule has 0 radical (unpaired) electrons. The molecule has 4 saturated heterocycles. The van der Waals surface area contributed by atoms with Gasteiger partial charge in [0.2, 0.25) is 10.7 Å². The van der Waals surface area contributed by atoms with Crippen molar-refractivity contribution in [2.45, 2.75) is 113 Å². The van der Waals surface area contributed by atoms with Gasteiger partial charge in [0.25, 0.3) is 11.1 Å². The molecule has 2 unspecified atom stereocenters. The van der Waals surface area contributed by atoms with Crippen LogP contribution in [0.2, 0.25) is 0 Å². The molecule has 14 rings (SSSR count). The number of aliphatic hydroxyl groups is 2. The van der Waals surface area contributed by atoms with Crippen LogP contribution in [-0.4, -0.2) is 266 Å². The number of nitrogens with one attached hydrogen (secondary N) is 2. The number of H-pyrrole nitrogens is 2. The number of anilines is 3. The van der Waals surface area contributed by atoms with Gasteiger partial charge in [-0.1, -0.05) is 56.8 Å². The molecule has 0 amide bonds. The quantitative estimate of drug-likeness (QED) is 0.0167. The fraction of sp³-hybridized carbons (Fsp3) is 0.465. The summed E-state index contributed by atoms with van der Waals surface area (Å²) in [5.74, 6) is 1.08. The van der Waals surface area contributed by atoms with Crippen LogP contribution in [0.4, 0.5) is 23.5 Å². The Balaban J connectivity index is 0.000000164. The van der Waals surface area contributed by atoms with E-state index in [1.54, 1.807) is 109 Å². The maximum atomic E-state index is 12.3. The number of aromatic amines is 2. The molecule has 0 aliphatic carbocycles. The summed E-state index contributed by atoms with van der Waals surface area (Å²) in [7, 11) is 18.4. The average Bonchev–Trinajstić information content (AvgIpc) is 1.61. The Morgan fingerprint density at radius 2 is 0.955 bits per heavy atom. The van der Waals surface area contributed by atoms with Crippen LogP contribution in [0, 0.1) is 0 Å². The van der Waals surface area contributed by atoms with Gasteiger partial charge in [0.15, 0.2) is 63.5 Å². The number of hydrogen-bond donors (Lipinski definition) is 7. The lowest BCUT2D eigenvalue weighted by atomic mass is 10.1. The number of ether oxygens (including phenoxy) is 14. The SMILES string of the molecule is C=CC(=O)Oc1ccccc1.CC.COC[C@H]1O[C@@H](n2cnc3c(=O)[nH]c(N)nc32)C[C@H]1OC.COC[C@H]1O[C@@H](n2cnc3c(=O)[nH]c([N+](C)(C)C)nc32)C[C@H]1OC.COC[C@H]1O[C@@H](n2cnc3c(N)nc(/C=C/C(=O)Oc4ccccc4)nc32)C(O)[C@H]1OC.COC[C@H]1O[C@@H](n2cnc3c(N)nc(Br)nc32)C(O)[C@H]1OC. The number of carbonyl (C=O) groups excluding carboxylic acids is 2. The van der Waals surface area contributed by atoms with Gasteiger partial charge in [-0.3, -0.25) is 42.3 Å². The second-order valence-electron chi connectivity index (χ2n) is 25.6. The normalized spacial score (nSPS) is 23.3. The van der Waals surface area contributed by atoms with Gasteiger partial charge in [-0.25, -0.2) is 49.5 Å². The van der Waals surface area contributed by atoms with Gasteiger partial charge in [0.1, 0.15) is 83.8 Å². The van der Waals surface area contributed by atoms with Gasteiger partial charge in [-0.05, 0) is 46.3 Å². The number of quaternary nitrogens is 1. The lowest BCUT2D eigenvalue weighted by molar-refractivity contribution is -0.129. The molecule has 10 N–H and O–H groups in total. The lowest BCUT2D eigenvalue weighted by Gasteiger charge is -2.21. The van der Waals surface area contributed by atoms with E-state index in [1.165, 1.54) is 52.5 Å². The molecule has 0 saturated carbocycles. The highest BCUT2D eigenvalue weighted by Crippen LogP contribution is 2.38. The van der Waals surface area contributed by atoms with Crippen LogP contribution in [0.3, 0.4) is 0 Å². The first-order chi connectivity index (χ1) is 53.9. The Labute approximate surface area is 649 Å². The summed E-state index contributed by atoms with van der Waals surface area (Å²) in [6.07, 6.45) is 4.56. The number of hydrogen-bond acceptors (Lipinski definition) is 33. The molecule has 4 aliphatic rings. The zero-order valence-corrected chi connectivity index (χ0v) is 65.5. The first kappa shape index (κ1) is 85.9. The van der Waals surface area contributed by atoms with Crippen LogP contribution in [0.5, 0.6) is 11.5 Å². The first-order valence-corrected chi connectivity index (χ1v) is 35.7. The monoisotopic (exact) mass is 1630 g/mol. The third kappa shape index (κ3) is 20.4. The molecule has 2 aromatic carbocycles. The Bertz CT molecular complexity index is 4890. The van der Waals surface area contributed by atoms with Gasteiger partial charge in [0, 0.05) is 81.9 Å². The van der Waals surface area contributed by atoms with E-state index in [1.807, 2.05) is 47.1 Å². The lowest BCUT2D eigenvalue weighted by Crippen LogP contribution is -2.38. The van der Waals surface area contributed by atoms with Gasteiger partial charge in [-0.2, -0.15) is 9.97 Å². The van der Waals surface area contributed by atoms with E-state index in [0.29, 0.717) is 98.5 Å². The number of esters is 2. The minimum atomic E-state index is -0.992. The van der Waals surface area contributed by atoms with Crippen molar-refractivity contribution in [2.24, 2.45) is 0 Å². The smallest absolute Gasteiger partial charge is 0.336 e. The van der Waals surface area contributed by atoms with E-state index >= 15 is 0 Å². The fourth-order valence-electron chi connectivity index (χ4n) is 12.3. The first-order valence-electron chi connectivity index (χ1n) is 35.0. The average molecular weight is 1630 g/mol. The number of methoxy groups -OCH3 is 8. The number of halogens is 1. The third-order valence-corrected chi connectivity index (χ3v) is 17.8. The Kier molecular flexibility index (Phi) is 30.6. The van der Waals surface area contributed by atoms with Crippen LogP contribution in [0.15, 0.2) is 119 Å². The molecular weight excluding hydrogens is 1530 g/mol. The summed E-state index contributed by atoms with van der Waals surface area (Å²) in [6.45, 7) is 8.70. The van der Waals surface area contributed by atoms with Crippen molar-refractivity contribution in [3.05, 3.63) is 136 Å². The van der Waals surface area contributed by atoms with Crippen LogP contribution in [-0.2, 0) is 66.4 Å². The fourth-order valence-corrected chi connectivity index (χ4v) is 12.6. The van der Waals surface area contributed by atoms with Crippen molar-refractivity contribution in [3.63, 3.8) is 0 Å². The molecule has 112 heavy (non-hydrogen) atoms. The number of aromatic nitrogens is 16. The molecule has 4 aliphatic heterocycles. The molecule has 40 nitrogen and oxygen atoms in total. The number of nitrogens with zero attached hydrogens (tertiary/aromatic N) is 15. The highest BCUT2D eigenvalue weighted by Gasteiger charge is 2.47. The largest absolute Gasteiger partial charge is 0.423 e. The minimum Gasteiger partial charge on any atom is -0.423 e. The van der Waals surface area contributed by atoms with E-state index in [-0.39, 0.29) is 83.5 Å². The predicted molar refractivity (Wildman–Crippen MR) is 410 cm³/mol. The van der Waals surface area contributed by atoms with Crippen LogP contribution >= 0.6 is 15.9 Å². The second kappa shape index (κ2) is 39.9. The van der Waals surface area contributed by atoms with Crippen molar-refractivity contribution in [1.82, 2.24) is 82.6 Å². The van der Waals surface area contributed by atoms with Crippen molar-refractivity contribution < 1.29 is 86.1 Å². The maximum absolute atomic E-state index is 12.3. The Morgan fingerprint density at radius 3 is 1.40 bits per heavy atom. The standard InChI is InChI=1S/C21H23N5O6.C15H23N5O4.C12H16BrN5O4.C12H17N5O4.C9H8O2.C2H6/c1-29-10-13-18(30-2)17(28)21(32-13)26-11-23-16-19(22)24-14(25-20(16)26)8-9-15(27)31-12-6-4-3-5-7-12;1-20(2,3)15-17-13-12(14(21)18-15)16-8-19(13)11-6-9(23-5)10(24-11)7-22-4;1-20-3-5-8(21-2)7(19)11(22-5)18-4-15-6-9(14)16-12(13)17-10(6)18;1-19-4-7-6(20-2)3-8(21-7)17-5-14-9-10(17)15-12(13)16-11(9)18;1-2-9(10)11-8-6-4-3-5-7-8;1-2/h3-9,11,13,17-18,21,28H,10H2,1-2H3,(H2,22,24,25);8-11H,6-7H2,1-5H3;4-5,7-8,11,19H,3H2,1-2H3,(H2,14,16,17);5-8H,3-4H2,1-2H3,(H3,13,15,16,18);2-7H,1H2;1-2H3/p+1/b9-8+;;;;;/t13-,17?,18+,21-;9-,10-,11-;5-,7?,8+,11-;6-,7-,8-;;/m1111../s1.